The van der Waals surface area contributed by atoms with Crippen LogP contribution < -0.4 is 16.2 Å². The fraction of sp³-hybridized carbons (Fsp3) is 0.500. The smallest absolute Gasteiger partial charge is 0.311 e. The van der Waals surface area contributed by atoms with E-state index in [1.807, 2.05) is 0 Å². The number of amides is 2. The number of allylic oxidation sites excluding steroid dienone is 3. The van der Waals surface area contributed by atoms with Crippen molar-refractivity contribution in [2.75, 3.05) is 6.54 Å². The number of hydrazine groups is 1. The molecule has 84 valence electrons. The van der Waals surface area contributed by atoms with Crippen molar-refractivity contribution >= 4 is 6.03 Å². The average Bonchev–Trinajstić information content (AvgIpc) is 2.85. The first-order valence-electron chi connectivity index (χ1n) is 4.90. The Bertz CT molecular complexity index is 284. The Morgan fingerprint density at radius 1 is 1.60 bits per heavy atom. The molecule has 0 heterocycles. The van der Waals surface area contributed by atoms with Gasteiger partial charge < -0.3 is 5.32 Å². The SMILES string of the molecule is C=C(F)/C=C(\C)NC(=O)NNCC1CC1. The zero-order valence-electron chi connectivity index (χ0n) is 8.77. The van der Waals surface area contributed by atoms with E-state index in [1.165, 1.54) is 12.8 Å². The lowest BCUT2D eigenvalue weighted by molar-refractivity contribution is 0.238. The van der Waals surface area contributed by atoms with Gasteiger partial charge >= 0.3 is 6.03 Å². The Kier molecular flexibility index (Phi) is 4.30. The molecule has 3 N–H and O–H groups in total. The molecule has 0 aromatic heterocycles. The second kappa shape index (κ2) is 5.50. The van der Waals surface area contributed by atoms with Crippen LogP contribution >= 0.6 is 0 Å². The lowest BCUT2D eigenvalue weighted by atomic mass is 10.4. The van der Waals surface area contributed by atoms with Crippen molar-refractivity contribution in [3.8, 4) is 0 Å². The van der Waals surface area contributed by atoms with Crippen molar-refractivity contribution in [3.05, 3.63) is 24.2 Å². The van der Waals surface area contributed by atoms with Gasteiger partial charge in [0.15, 0.2) is 0 Å². The van der Waals surface area contributed by atoms with E-state index in [0.29, 0.717) is 11.6 Å². The normalized spacial score (nSPS) is 16.0. The molecule has 0 aromatic carbocycles. The average molecular weight is 213 g/mol. The molecule has 1 fully saturated rings. The van der Waals surface area contributed by atoms with Gasteiger partial charge in [0, 0.05) is 12.2 Å². The fourth-order valence-electron chi connectivity index (χ4n) is 1.08. The van der Waals surface area contributed by atoms with Crippen molar-refractivity contribution in [3.63, 3.8) is 0 Å². The summed E-state index contributed by atoms with van der Waals surface area (Å²) in [7, 11) is 0. The standard InChI is InChI=1S/C10H16FN3O/c1-7(11)5-8(2)13-10(15)14-12-6-9-3-4-9/h5,9,12H,1,3-4,6H2,2H3,(H2,13,14,15)/b8-5+. The first-order valence-corrected chi connectivity index (χ1v) is 4.90. The summed E-state index contributed by atoms with van der Waals surface area (Å²) in [4.78, 5) is 11.2. The van der Waals surface area contributed by atoms with Crippen LogP contribution in [0.2, 0.25) is 0 Å². The summed E-state index contributed by atoms with van der Waals surface area (Å²) in [5.74, 6) is 0.103. The Morgan fingerprint density at radius 3 is 2.80 bits per heavy atom. The van der Waals surface area contributed by atoms with E-state index < -0.39 is 11.9 Å². The van der Waals surface area contributed by atoms with E-state index in [-0.39, 0.29) is 0 Å². The summed E-state index contributed by atoms with van der Waals surface area (Å²) in [5, 5.41) is 2.45. The lowest BCUT2D eigenvalue weighted by Gasteiger charge is -2.08. The maximum Gasteiger partial charge on any atom is 0.333 e. The molecule has 1 aliphatic carbocycles. The molecule has 1 aliphatic rings. The van der Waals surface area contributed by atoms with Crippen LogP contribution in [0.5, 0.6) is 0 Å². The third-order valence-electron chi connectivity index (χ3n) is 1.97. The number of halogens is 1. The molecule has 0 unspecified atom stereocenters. The second-order valence-electron chi connectivity index (χ2n) is 3.68. The highest BCUT2D eigenvalue weighted by Gasteiger charge is 2.20. The van der Waals surface area contributed by atoms with Gasteiger partial charge in [-0.05, 0) is 31.8 Å². The van der Waals surface area contributed by atoms with Gasteiger partial charge in [-0.3, -0.25) is 5.43 Å². The second-order valence-corrected chi connectivity index (χ2v) is 3.68. The highest BCUT2D eigenvalue weighted by atomic mass is 19.1. The number of hydrogen-bond donors (Lipinski definition) is 3. The summed E-state index contributed by atoms with van der Waals surface area (Å²) in [5.41, 5.74) is 5.68. The fourth-order valence-corrected chi connectivity index (χ4v) is 1.08. The predicted octanol–water partition coefficient (Wildman–Crippen LogP) is 1.59. The third-order valence-corrected chi connectivity index (χ3v) is 1.97. The molecular weight excluding hydrogens is 197 g/mol. The molecule has 0 aliphatic heterocycles. The zero-order valence-corrected chi connectivity index (χ0v) is 8.77. The Balaban J connectivity index is 2.13. The van der Waals surface area contributed by atoms with Gasteiger partial charge in [-0.15, -0.1) is 0 Å². The number of carbonyl (C=O) groups excluding carboxylic acids is 1. The lowest BCUT2D eigenvalue weighted by Crippen LogP contribution is -2.44. The highest BCUT2D eigenvalue weighted by molar-refractivity contribution is 5.75. The maximum absolute atomic E-state index is 12.3. The number of nitrogens with one attached hydrogen (secondary N) is 3. The highest BCUT2D eigenvalue weighted by Crippen LogP contribution is 2.27. The van der Waals surface area contributed by atoms with E-state index in [2.05, 4.69) is 22.7 Å². The van der Waals surface area contributed by atoms with Gasteiger partial charge in [-0.25, -0.2) is 14.6 Å². The number of hydrogen-bond acceptors (Lipinski definition) is 2. The molecular formula is C10H16FN3O. The minimum Gasteiger partial charge on any atom is -0.311 e. The van der Waals surface area contributed by atoms with Gasteiger partial charge in [0.1, 0.15) is 5.83 Å². The van der Waals surface area contributed by atoms with E-state index in [4.69, 9.17) is 0 Å². The largest absolute Gasteiger partial charge is 0.333 e. The molecule has 1 rings (SSSR count). The van der Waals surface area contributed by atoms with Crippen LogP contribution in [0.15, 0.2) is 24.2 Å². The quantitative estimate of drug-likeness (QED) is 0.480. The van der Waals surface area contributed by atoms with Crippen molar-refractivity contribution in [2.24, 2.45) is 5.92 Å². The van der Waals surface area contributed by atoms with Crippen LogP contribution in [0.3, 0.4) is 0 Å². The van der Waals surface area contributed by atoms with Crippen molar-refractivity contribution < 1.29 is 9.18 Å². The molecule has 0 atom stereocenters. The summed E-state index contributed by atoms with van der Waals surface area (Å²) in [6, 6.07) is -0.398. The van der Waals surface area contributed by atoms with Crippen molar-refractivity contribution in [1.29, 1.82) is 0 Å². The molecule has 5 heteroatoms. The molecule has 0 saturated heterocycles. The molecule has 1 saturated carbocycles. The van der Waals surface area contributed by atoms with E-state index in [9.17, 15) is 9.18 Å². The van der Waals surface area contributed by atoms with Gasteiger partial charge in [0.25, 0.3) is 0 Å². The van der Waals surface area contributed by atoms with Crippen LogP contribution in [0.1, 0.15) is 19.8 Å². The predicted molar refractivity (Wildman–Crippen MR) is 56.4 cm³/mol. The summed E-state index contributed by atoms with van der Waals surface area (Å²) in [6.07, 6.45) is 3.59. The number of urea groups is 1. The van der Waals surface area contributed by atoms with Crippen LogP contribution in [-0.2, 0) is 0 Å². The van der Waals surface area contributed by atoms with E-state index >= 15 is 0 Å². The van der Waals surface area contributed by atoms with Gasteiger partial charge in [0.05, 0.1) is 0 Å². The summed E-state index contributed by atoms with van der Waals surface area (Å²) < 4.78 is 12.3. The minimum absolute atomic E-state index is 0.398. The first kappa shape index (κ1) is 11.7. The van der Waals surface area contributed by atoms with Crippen molar-refractivity contribution in [1.82, 2.24) is 16.2 Å². The molecule has 0 aromatic rings. The zero-order chi connectivity index (χ0) is 11.3. The third kappa shape index (κ3) is 5.85. The van der Waals surface area contributed by atoms with Crippen LogP contribution in [-0.4, -0.2) is 12.6 Å². The topological polar surface area (TPSA) is 53.2 Å². The maximum atomic E-state index is 12.3. The van der Waals surface area contributed by atoms with Crippen LogP contribution in [0, 0.1) is 5.92 Å². The molecule has 0 bridgehead atoms. The van der Waals surface area contributed by atoms with Crippen LogP contribution in [0.25, 0.3) is 0 Å². The van der Waals surface area contributed by atoms with Crippen LogP contribution in [0.4, 0.5) is 9.18 Å². The molecule has 0 spiro atoms. The Labute approximate surface area is 88.6 Å². The molecule has 15 heavy (non-hydrogen) atoms. The van der Waals surface area contributed by atoms with Gasteiger partial charge in [-0.2, -0.15) is 0 Å². The Hall–Kier alpha value is -1.36. The van der Waals surface area contributed by atoms with Gasteiger partial charge in [-0.1, -0.05) is 6.58 Å². The number of carbonyl (C=O) groups is 1. The van der Waals surface area contributed by atoms with Crippen molar-refractivity contribution in [2.45, 2.75) is 19.8 Å². The summed E-state index contributed by atoms with van der Waals surface area (Å²) >= 11 is 0. The van der Waals surface area contributed by atoms with E-state index in [0.717, 1.165) is 12.6 Å². The first-order chi connectivity index (χ1) is 7.08. The number of rotatable bonds is 5. The summed E-state index contributed by atoms with van der Waals surface area (Å²) in [6.45, 7) is 5.44. The van der Waals surface area contributed by atoms with Gasteiger partial charge in [0.2, 0.25) is 0 Å². The Morgan fingerprint density at radius 2 is 2.27 bits per heavy atom. The minimum atomic E-state index is -0.585. The van der Waals surface area contributed by atoms with E-state index in [1.54, 1.807) is 6.92 Å². The monoisotopic (exact) mass is 213 g/mol. The molecule has 0 radical (unpaired) electrons. The molecule has 4 nitrogen and oxygen atoms in total. The molecule has 2 amide bonds.